The predicted molar refractivity (Wildman–Crippen MR) is 121 cm³/mol. The molecule has 0 aliphatic rings. The van der Waals surface area contributed by atoms with Gasteiger partial charge in [-0.25, -0.2) is 0 Å². The lowest BCUT2D eigenvalue weighted by Gasteiger charge is -2.26. The molecule has 1 heterocycles. The second-order valence-corrected chi connectivity index (χ2v) is 8.66. The Morgan fingerprint density at radius 2 is 1.73 bits per heavy atom. The summed E-state index contributed by atoms with van der Waals surface area (Å²) in [6, 6.07) is 11.1. The summed E-state index contributed by atoms with van der Waals surface area (Å²) in [6.07, 6.45) is 0. The van der Waals surface area contributed by atoms with E-state index in [2.05, 4.69) is 15.7 Å². The van der Waals surface area contributed by atoms with Crippen molar-refractivity contribution in [2.75, 3.05) is 12.4 Å². The van der Waals surface area contributed by atoms with Gasteiger partial charge in [0.25, 0.3) is 5.91 Å². The summed E-state index contributed by atoms with van der Waals surface area (Å²) < 4.78 is 1.66. The van der Waals surface area contributed by atoms with Gasteiger partial charge < -0.3 is 10.6 Å². The molecule has 0 unspecified atom stereocenters. The number of rotatable bonds is 6. The highest BCUT2D eigenvalue weighted by Gasteiger charge is 2.25. The lowest BCUT2D eigenvalue weighted by molar-refractivity contribution is -0.118. The molecule has 3 rings (SSSR count). The second-order valence-electron chi connectivity index (χ2n) is 7.58. The molecule has 2 aromatic carbocycles. The van der Waals surface area contributed by atoms with Crippen LogP contribution in [0.1, 0.15) is 24.3 Å². The van der Waals surface area contributed by atoms with Gasteiger partial charge in [-0.1, -0.05) is 35.3 Å². The molecule has 0 atom stereocenters. The van der Waals surface area contributed by atoms with Gasteiger partial charge in [0.15, 0.2) is 5.69 Å². The average Bonchev–Trinajstić information content (AvgIpc) is 3.04. The Bertz CT molecular complexity index is 1120. The maximum absolute atomic E-state index is 12.9. The van der Waals surface area contributed by atoms with Crippen LogP contribution in [-0.4, -0.2) is 39.6 Å². The summed E-state index contributed by atoms with van der Waals surface area (Å²) >= 11 is 17.6. The molecule has 0 aliphatic carbocycles. The Morgan fingerprint density at radius 1 is 1.07 bits per heavy atom. The van der Waals surface area contributed by atoms with E-state index >= 15 is 0 Å². The SMILES string of the molecule is Cn1nc(C(=O)NC(C)(C)CNC(=O)CCl)c2ccc(-c3ccc(Cl)c(Cl)c3)cc21. The number of nitrogens with zero attached hydrogens (tertiary/aromatic N) is 2. The molecular weight excluding hydrogens is 447 g/mol. The molecule has 6 nitrogen and oxygen atoms in total. The highest BCUT2D eigenvalue weighted by Crippen LogP contribution is 2.31. The molecule has 1 aromatic heterocycles. The van der Waals surface area contributed by atoms with Crippen LogP contribution in [-0.2, 0) is 11.8 Å². The third kappa shape index (κ3) is 4.89. The molecule has 158 valence electrons. The summed E-state index contributed by atoms with van der Waals surface area (Å²) in [7, 11) is 1.78. The minimum atomic E-state index is -0.678. The fraction of sp³-hybridized carbons (Fsp3) is 0.286. The molecule has 0 spiro atoms. The standard InChI is InChI=1S/C21H21Cl3N4O2/c1-21(2,11-25-18(29)10-22)26-20(30)19-14-6-4-13(9-17(14)28(3)27-19)12-5-7-15(23)16(24)8-12/h4-9H,10-11H2,1-3H3,(H,25,29)(H,26,30). The number of aromatic nitrogens is 2. The quantitative estimate of drug-likeness (QED) is 0.527. The van der Waals surface area contributed by atoms with Crippen molar-refractivity contribution in [3.05, 3.63) is 52.1 Å². The number of hydrogen-bond donors (Lipinski definition) is 2. The van der Waals surface area contributed by atoms with E-state index < -0.39 is 5.54 Å². The monoisotopic (exact) mass is 466 g/mol. The third-order valence-corrected chi connectivity index (χ3v) is 5.60. The van der Waals surface area contributed by atoms with Crippen molar-refractivity contribution in [2.45, 2.75) is 19.4 Å². The Kier molecular flexibility index (Phi) is 6.60. The molecule has 0 bridgehead atoms. The van der Waals surface area contributed by atoms with E-state index in [0.29, 0.717) is 15.7 Å². The van der Waals surface area contributed by atoms with Gasteiger partial charge in [-0.05, 0) is 49.2 Å². The number of aryl methyl sites for hydroxylation is 1. The van der Waals surface area contributed by atoms with E-state index in [0.717, 1.165) is 22.0 Å². The fourth-order valence-electron chi connectivity index (χ4n) is 3.06. The van der Waals surface area contributed by atoms with Crippen molar-refractivity contribution in [3.63, 3.8) is 0 Å². The predicted octanol–water partition coefficient (Wildman–Crippen LogP) is 4.41. The lowest BCUT2D eigenvalue weighted by atomic mass is 10.0. The van der Waals surface area contributed by atoms with E-state index in [9.17, 15) is 9.59 Å². The molecule has 0 aliphatic heterocycles. The van der Waals surface area contributed by atoms with Crippen molar-refractivity contribution < 1.29 is 9.59 Å². The fourth-order valence-corrected chi connectivity index (χ4v) is 3.45. The van der Waals surface area contributed by atoms with Gasteiger partial charge in [0, 0.05) is 19.0 Å². The van der Waals surface area contributed by atoms with E-state index in [1.54, 1.807) is 23.9 Å². The van der Waals surface area contributed by atoms with E-state index in [-0.39, 0.29) is 24.2 Å². The van der Waals surface area contributed by atoms with Crippen LogP contribution in [0.15, 0.2) is 36.4 Å². The first kappa shape index (κ1) is 22.4. The zero-order chi connectivity index (χ0) is 22.1. The van der Waals surface area contributed by atoms with Crippen molar-refractivity contribution >= 4 is 57.5 Å². The number of carbonyl (C=O) groups is 2. The first-order valence-electron chi connectivity index (χ1n) is 9.18. The number of halogens is 3. The van der Waals surface area contributed by atoms with E-state index in [1.807, 2.05) is 38.1 Å². The number of benzene rings is 2. The highest BCUT2D eigenvalue weighted by molar-refractivity contribution is 6.42. The molecule has 9 heteroatoms. The molecule has 3 aromatic rings. The number of nitrogens with one attached hydrogen (secondary N) is 2. The van der Waals surface area contributed by atoms with Crippen molar-refractivity contribution in [1.82, 2.24) is 20.4 Å². The van der Waals surface area contributed by atoms with Gasteiger partial charge in [0.1, 0.15) is 5.88 Å². The summed E-state index contributed by atoms with van der Waals surface area (Å²) in [5, 5.41) is 11.7. The number of amides is 2. The Labute approximate surface area is 189 Å². The molecule has 2 amide bonds. The average molecular weight is 468 g/mol. The lowest BCUT2D eigenvalue weighted by Crippen LogP contribution is -2.51. The van der Waals surface area contributed by atoms with Crippen LogP contribution < -0.4 is 10.6 Å². The van der Waals surface area contributed by atoms with Crippen LogP contribution in [0.2, 0.25) is 10.0 Å². The van der Waals surface area contributed by atoms with Gasteiger partial charge in [0.2, 0.25) is 5.91 Å². The maximum Gasteiger partial charge on any atom is 0.272 e. The molecule has 0 radical (unpaired) electrons. The Morgan fingerprint density at radius 3 is 2.40 bits per heavy atom. The van der Waals surface area contributed by atoms with Crippen molar-refractivity contribution in [2.24, 2.45) is 7.05 Å². The Balaban J connectivity index is 1.88. The number of alkyl halides is 1. The first-order chi connectivity index (χ1) is 14.1. The van der Waals surface area contributed by atoms with Gasteiger partial charge >= 0.3 is 0 Å². The maximum atomic E-state index is 12.9. The van der Waals surface area contributed by atoms with Crippen LogP contribution in [0.25, 0.3) is 22.0 Å². The molecule has 2 N–H and O–H groups in total. The minimum absolute atomic E-state index is 0.129. The smallest absolute Gasteiger partial charge is 0.272 e. The van der Waals surface area contributed by atoms with E-state index in [4.69, 9.17) is 34.8 Å². The Hall–Kier alpha value is -2.28. The van der Waals surface area contributed by atoms with Crippen LogP contribution in [0.4, 0.5) is 0 Å². The van der Waals surface area contributed by atoms with Crippen molar-refractivity contribution in [3.8, 4) is 11.1 Å². The zero-order valence-corrected chi connectivity index (χ0v) is 19.0. The molecule has 0 saturated carbocycles. The van der Waals surface area contributed by atoms with Gasteiger partial charge in [-0.15, -0.1) is 11.6 Å². The van der Waals surface area contributed by atoms with Crippen molar-refractivity contribution in [1.29, 1.82) is 0 Å². The van der Waals surface area contributed by atoms with Crippen LogP contribution in [0.5, 0.6) is 0 Å². The second kappa shape index (κ2) is 8.84. The van der Waals surface area contributed by atoms with Gasteiger partial charge in [-0.2, -0.15) is 5.10 Å². The molecule has 30 heavy (non-hydrogen) atoms. The van der Waals surface area contributed by atoms with E-state index in [1.165, 1.54) is 0 Å². The van der Waals surface area contributed by atoms with Gasteiger partial charge in [-0.3, -0.25) is 14.3 Å². The van der Waals surface area contributed by atoms with Gasteiger partial charge in [0.05, 0.1) is 21.1 Å². The summed E-state index contributed by atoms with van der Waals surface area (Å²) in [5.41, 5.74) is 2.28. The molecule has 0 fully saturated rings. The minimum Gasteiger partial charge on any atom is -0.353 e. The largest absolute Gasteiger partial charge is 0.353 e. The zero-order valence-electron chi connectivity index (χ0n) is 16.7. The number of hydrogen-bond acceptors (Lipinski definition) is 3. The van der Waals surface area contributed by atoms with Crippen LogP contribution >= 0.6 is 34.8 Å². The normalized spacial score (nSPS) is 11.5. The van der Waals surface area contributed by atoms with Crippen LogP contribution in [0.3, 0.4) is 0 Å². The summed E-state index contributed by atoms with van der Waals surface area (Å²) in [4.78, 5) is 24.3. The number of carbonyl (C=O) groups excluding carboxylic acids is 2. The summed E-state index contributed by atoms with van der Waals surface area (Å²) in [6.45, 7) is 3.87. The topological polar surface area (TPSA) is 76.0 Å². The highest BCUT2D eigenvalue weighted by atomic mass is 35.5. The molecule has 0 saturated heterocycles. The first-order valence-corrected chi connectivity index (χ1v) is 10.5. The summed E-state index contributed by atoms with van der Waals surface area (Å²) in [5.74, 6) is -0.749. The molecular formula is C21H21Cl3N4O2. The number of fused-ring (bicyclic) bond motifs is 1. The third-order valence-electron chi connectivity index (χ3n) is 4.62. The van der Waals surface area contributed by atoms with Crippen LogP contribution in [0, 0.1) is 0 Å².